The van der Waals surface area contributed by atoms with Gasteiger partial charge in [-0.15, -0.1) is 0 Å². The second kappa shape index (κ2) is 6.30. The van der Waals surface area contributed by atoms with Crippen molar-refractivity contribution in [1.29, 1.82) is 0 Å². The zero-order chi connectivity index (χ0) is 13.0. The Morgan fingerprint density at radius 3 is 2.72 bits per heavy atom. The van der Waals surface area contributed by atoms with E-state index in [0.29, 0.717) is 16.8 Å². The van der Waals surface area contributed by atoms with Gasteiger partial charge in [0.1, 0.15) is 0 Å². The van der Waals surface area contributed by atoms with Crippen LogP contribution >= 0.6 is 11.6 Å². The van der Waals surface area contributed by atoms with Gasteiger partial charge in [-0.2, -0.15) is 0 Å². The molecule has 0 radical (unpaired) electrons. The first-order valence-electron chi connectivity index (χ1n) is 6.73. The van der Waals surface area contributed by atoms with Gasteiger partial charge in [-0.25, -0.2) is 0 Å². The number of likely N-dealkylation sites (tertiary alicyclic amines) is 1. The van der Waals surface area contributed by atoms with Crippen LogP contribution in [0.2, 0.25) is 5.02 Å². The zero-order valence-electron chi connectivity index (χ0n) is 11.0. The van der Waals surface area contributed by atoms with Crippen LogP contribution in [0.15, 0.2) is 18.2 Å². The number of benzene rings is 1. The number of nitrogens with one attached hydrogen (secondary N) is 1. The molecule has 0 saturated carbocycles. The molecule has 1 saturated heterocycles. The molecule has 0 aliphatic carbocycles. The van der Waals surface area contributed by atoms with Gasteiger partial charge in [0, 0.05) is 24.8 Å². The van der Waals surface area contributed by atoms with Crippen molar-refractivity contribution in [2.24, 2.45) is 0 Å². The van der Waals surface area contributed by atoms with Crippen molar-refractivity contribution >= 4 is 23.0 Å². The van der Waals surface area contributed by atoms with E-state index in [1.165, 1.54) is 38.9 Å². The summed E-state index contributed by atoms with van der Waals surface area (Å²) in [4.78, 5) is 2.53. The molecule has 1 aliphatic rings. The van der Waals surface area contributed by atoms with Gasteiger partial charge in [-0.1, -0.05) is 18.5 Å². The lowest BCUT2D eigenvalue weighted by Crippen LogP contribution is -2.39. The summed E-state index contributed by atoms with van der Waals surface area (Å²) in [7, 11) is 0. The molecule has 1 heterocycles. The Hall–Kier alpha value is -0.930. The third-order valence-corrected chi connectivity index (χ3v) is 3.79. The summed E-state index contributed by atoms with van der Waals surface area (Å²) >= 11 is 6.17. The number of piperidine rings is 1. The first-order chi connectivity index (χ1) is 8.69. The SMILES string of the molecule is CCCN1CCC(Nc2ccc(N)cc2Cl)CC1. The average molecular weight is 268 g/mol. The second-order valence-corrected chi connectivity index (χ2v) is 5.41. The molecule has 0 amide bonds. The lowest BCUT2D eigenvalue weighted by atomic mass is 10.0. The largest absolute Gasteiger partial charge is 0.399 e. The van der Waals surface area contributed by atoms with E-state index in [0.717, 1.165) is 5.69 Å². The number of nitrogen functional groups attached to an aromatic ring is 1. The monoisotopic (exact) mass is 267 g/mol. The van der Waals surface area contributed by atoms with Crippen LogP contribution in [-0.2, 0) is 0 Å². The van der Waals surface area contributed by atoms with E-state index >= 15 is 0 Å². The minimum atomic E-state index is 0.527. The number of nitrogens with zero attached hydrogens (tertiary/aromatic N) is 1. The first-order valence-corrected chi connectivity index (χ1v) is 7.10. The summed E-state index contributed by atoms with van der Waals surface area (Å²) in [6, 6.07) is 6.19. The van der Waals surface area contributed by atoms with Gasteiger partial charge in [-0.3, -0.25) is 0 Å². The van der Waals surface area contributed by atoms with Gasteiger partial charge in [0.2, 0.25) is 0 Å². The molecule has 0 aromatic heterocycles. The van der Waals surface area contributed by atoms with E-state index in [1.54, 1.807) is 6.07 Å². The summed E-state index contributed by atoms with van der Waals surface area (Å²) < 4.78 is 0. The lowest BCUT2D eigenvalue weighted by Gasteiger charge is -2.32. The van der Waals surface area contributed by atoms with Gasteiger partial charge in [0.25, 0.3) is 0 Å². The number of nitrogens with two attached hydrogens (primary N) is 1. The molecule has 0 spiro atoms. The summed E-state index contributed by atoms with van der Waals surface area (Å²) in [6.45, 7) is 5.81. The van der Waals surface area contributed by atoms with Crippen molar-refractivity contribution in [2.75, 3.05) is 30.7 Å². The van der Waals surface area contributed by atoms with Crippen LogP contribution in [0, 0.1) is 0 Å². The van der Waals surface area contributed by atoms with Gasteiger partial charge in [0.15, 0.2) is 0 Å². The summed E-state index contributed by atoms with van der Waals surface area (Å²) in [6.07, 6.45) is 3.60. The Morgan fingerprint density at radius 2 is 2.11 bits per heavy atom. The summed E-state index contributed by atoms with van der Waals surface area (Å²) in [5, 5.41) is 4.24. The third kappa shape index (κ3) is 3.53. The minimum absolute atomic E-state index is 0.527. The van der Waals surface area contributed by atoms with Crippen molar-refractivity contribution in [2.45, 2.75) is 32.2 Å². The van der Waals surface area contributed by atoms with Gasteiger partial charge in [-0.05, 0) is 44.0 Å². The van der Waals surface area contributed by atoms with Gasteiger partial charge in [0.05, 0.1) is 10.7 Å². The van der Waals surface area contributed by atoms with Crippen molar-refractivity contribution in [1.82, 2.24) is 4.90 Å². The fourth-order valence-corrected chi connectivity index (χ4v) is 2.73. The Morgan fingerprint density at radius 1 is 1.39 bits per heavy atom. The van der Waals surface area contributed by atoms with E-state index in [9.17, 15) is 0 Å². The molecule has 0 bridgehead atoms. The van der Waals surface area contributed by atoms with Crippen LogP contribution < -0.4 is 11.1 Å². The van der Waals surface area contributed by atoms with E-state index < -0.39 is 0 Å². The van der Waals surface area contributed by atoms with Crippen LogP contribution in [0.3, 0.4) is 0 Å². The van der Waals surface area contributed by atoms with E-state index in [1.807, 2.05) is 12.1 Å². The third-order valence-electron chi connectivity index (χ3n) is 3.48. The van der Waals surface area contributed by atoms with Crippen LogP contribution in [-0.4, -0.2) is 30.6 Å². The maximum absolute atomic E-state index is 6.17. The van der Waals surface area contributed by atoms with Crippen molar-refractivity contribution in [3.05, 3.63) is 23.2 Å². The van der Waals surface area contributed by atoms with Crippen LogP contribution in [0.1, 0.15) is 26.2 Å². The molecular weight excluding hydrogens is 246 g/mol. The Bertz CT molecular complexity index is 387. The van der Waals surface area contributed by atoms with Crippen molar-refractivity contribution in [3.63, 3.8) is 0 Å². The highest BCUT2D eigenvalue weighted by Crippen LogP contribution is 2.26. The van der Waals surface area contributed by atoms with Crippen LogP contribution in [0.5, 0.6) is 0 Å². The molecule has 18 heavy (non-hydrogen) atoms. The molecule has 4 heteroatoms. The molecule has 3 N–H and O–H groups in total. The topological polar surface area (TPSA) is 41.3 Å². The predicted octanol–water partition coefficient (Wildman–Crippen LogP) is 3.21. The minimum Gasteiger partial charge on any atom is -0.399 e. The number of hydrogen-bond donors (Lipinski definition) is 2. The highest BCUT2D eigenvalue weighted by atomic mass is 35.5. The maximum atomic E-state index is 6.17. The lowest BCUT2D eigenvalue weighted by molar-refractivity contribution is 0.219. The first kappa shape index (κ1) is 13.5. The number of hydrogen-bond acceptors (Lipinski definition) is 3. The smallest absolute Gasteiger partial charge is 0.0658 e. The van der Waals surface area contributed by atoms with E-state index in [-0.39, 0.29) is 0 Å². The molecule has 3 nitrogen and oxygen atoms in total. The zero-order valence-corrected chi connectivity index (χ0v) is 11.7. The Labute approximate surface area is 114 Å². The highest BCUT2D eigenvalue weighted by molar-refractivity contribution is 6.33. The van der Waals surface area contributed by atoms with Gasteiger partial charge >= 0.3 is 0 Å². The standard InChI is InChI=1S/C14H22ClN3/c1-2-7-18-8-5-12(6-9-18)17-14-4-3-11(16)10-13(14)15/h3-4,10,12,17H,2,5-9,16H2,1H3. The highest BCUT2D eigenvalue weighted by Gasteiger charge is 2.18. The van der Waals surface area contributed by atoms with E-state index in [2.05, 4.69) is 17.1 Å². The molecule has 2 rings (SSSR count). The van der Waals surface area contributed by atoms with E-state index in [4.69, 9.17) is 17.3 Å². The van der Waals surface area contributed by atoms with Crippen LogP contribution in [0.4, 0.5) is 11.4 Å². The molecular formula is C14H22ClN3. The summed E-state index contributed by atoms with van der Waals surface area (Å²) in [5.41, 5.74) is 7.40. The average Bonchev–Trinajstić information content (AvgIpc) is 2.35. The summed E-state index contributed by atoms with van der Waals surface area (Å²) in [5.74, 6) is 0. The molecule has 1 aromatic rings. The number of anilines is 2. The van der Waals surface area contributed by atoms with Crippen molar-refractivity contribution in [3.8, 4) is 0 Å². The molecule has 0 unspecified atom stereocenters. The molecule has 0 atom stereocenters. The maximum Gasteiger partial charge on any atom is 0.0658 e. The fraction of sp³-hybridized carbons (Fsp3) is 0.571. The molecule has 1 fully saturated rings. The second-order valence-electron chi connectivity index (χ2n) is 5.00. The van der Waals surface area contributed by atoms with Crippen LogP contribution in [0.25, 0.3) is 0 Å². The molecule has 1 aliphatic heterocycles. The fourth-order valence-electron chi connectivity index (χ4n) is 2.49. The number of halogens is 1. The number of rotatable bonds is 4. The normalized spacial score (nSPS) is 17.9. The predicted molar refractivity (Wildman–Crippen MR) is 79.2 cm³/mol. The quantitative estimate of drug-likeness (QED) is 0.823. The van der Waals surface area contributed by atoms with Crippen molar-refractivity contribution < 1.29 is 0 Å². The Balaban J connectivity index is 1.87. The molecule has 100 valence electrons. The van der Waals surface area contributed by atoms with Gasteiger partial charge < -0.3 is 16.0 Å². The Kier molecular flexibility index (Phi) is 4.72. The molecule has 1 aromatic carbocycles.